The molecule has 0 aromatic carbocycles. The average molecular weight is 947 g/mol. The largest absolute Gasteiger partial charge is 0.466 e. The second-order valence-corrected chi connectivity index (χ2v) is 21.0. The second-order valence-electron chi connectivity index (χ2n) is 21.0. The highest BCUT2D eigenvalue weighted by atomic mass is 16.5. The zero-order valence-corrected chi connectivity index (χ0v) is 45.4. The van der Waals surface area contributed by atoms with Gasteiger partial charge in [-0.2, -0.15) is 0 Å². The summed E-state index contributed by atoms with van der Waals surface area (Å²) < 4.78 is 5.48. The summed E-state index contributed by atoms with van der Waals surface area (Å²) in [6, 6.07) is -0.642. The van der Waals surface area contributed by atoms with Crippen molar-refractivity contribution < 1.29 is 24.5 Å². The molecule has 0 aromatic heterocycles. The van der Waals surface area contributed by atoms with E-state index in [-0.39, 0.29) is 18.5 Å². The molecule has 6 heteroatoms. The van der Waals surface area contributed by atoms with Crippen LogP contribution in [0.5, 0.6) is 0 Å². The standard InChI is InChI=1S/C61H119NO5/c1-3-5-7-9-11-13-15-17-19-21-23-24-25-26-28-30-33-37-41-45-49-53-59(64)58(57-63)62-60(65)54-50-46-42-38-34-32-36-40-44-48-52-56-67-61(66)55-51-47-43-39-35-31-29-27-22-20-18-16-14-12-10-8-6-4-2/h49,53,58-59,63-64H,3-48,50-52,54-57H2,1-2H3,(H,62,65)/b53-49+. The third-order valence-electron chi connectivity index (χ3n) is 14.3. The first kappa shape index (κ1) is 65.6. The molecular weight excluding hydrogens is 827 g/mol. The zero-order chi connectivity index (χ0) is 48.6. The van der Waals surface area contributed by atoms with Crippen molar-refractivity contribution in [2.45, 2.75) is 353 Å². The van der Waals surface area contributed by atoms with Gasteiger partial charge in [0.25, 0.3) is 0 Å². The molecule has 0 rings (SSSR count). The molecule has 0 aliphatic carbocycles. The van der Waals surface area contributed by atoms with Crippen LogP contribution in [-0.2, 0) is 14.3 Å². The average Bonchev–Trinajstić information content (AvgIpc) is 3.33. The van der Waals surface area contributed by atoms with E-state index >= 15 is 0 Å². The van der Waals surface area contributed by atoms with E-state index in [1.807, 2.05) is 6.08 Å². The number of allylic oxidation sites excluding steroid dienone is 1. The highest BCUT2D eigenvalue weighted by molar-refractivity contribution is 5.76. The molecule has 1 amide bonds. The maximum absolute atomic E-state index is 12.5. The maximum atomic E-state index is 12.5. The van der Waals surface area contributed by atoms with E-state index in [9.17, 15) is 19.8 Å². The van der Waals surface area contributed by atoms with Gasteiger partial charge in [-0.25, -0.2) is 0 Å². The Balaban J connectivity index is 3.46. The molecule has 0 heterocycles. The van der Waals surface area contributed by atoms with Crippen LogP contribution in [0.2, 0.25) is 0 Å². The number of ether oxygens (including phenoxy) is 1. The van der Waals surface area contributed by atoms with Crippen LogP contribution in [0.1, 0.15) is 341 Å². The maximum Gasteiger partial charge on any atom is 0.305 e. The van der Waals surface area contributed by atoms with Gasteiger partial charge in [0.2, 0.25) is 5.91 Å². The molecular formula is C61H119NO5. The van der Waals surface area contributed by atoms with Gasteiger partial charge in [0.15, 0.2) is 0 Å². The number of rotatable bonds is 57. The number of hydrogen-bond donors (Lipinski definition) is 3. The normalized spacial score (nSPS) is 12.6. The zero-order valence-electron chi connectivity index (χ0n) is 45.4. The van der Waals surface area contributed by atoms with Crippen molar-refractivity contribution in [2.75, 3.05) is 13.2 Å². The lowest BCUT2D eigenvalue weighted by Crippen LogP contribution is -2.45. The van der Waals surface area contributed by atoms with Gasteiger partial charge in [-0.1, -0.05) is 309 Å². The van der Waals surface area contributed by atoms with Crippen LogP contribution in [0.25, 0.3) is 0 Å². The van der Waals surface area contributed by atoms with E-state index in [2.05, 4.69) is 19.2 Å². The summed E-state index contributed by atoms with van der Waals surface area (Å²) in [5.74, 6) is -0.0925. The van der Waals surface area contributed by atoms with Crippen LogP contribution in [0.15, 0.2) is 12.2 Å². The second kappa shape index (κ2) is 57.2. The fourth-order valence-electron chi connectivity index (χ4n) is 9.64. The highest BCUT2D eigenvalue weighted by Gasteiger charge is 2.18. The summed E-state index contributed by atoms with van der Waals surface area (Å²) in [6.07, 6.45) is 68.1. The van der Waals surface area contributed by atoms with E-state index < -0.39 is 12.1 Å². The third-order valence-corrected chi connectivity index (χ3v) is 14.3. The van der Waals surface area contributed by atoms with E-state index in [0.717, 1.165) is 57.8 Å². The number of nitrogens with one attached hydrogen (secondary N) is 1. The van der Waals surface area contributed by atoms with Crippen molar-refractivity contribution in [3.8, 4) is 0 Å². The van der Waals surface area contributed by atoms with Gasteiger partial charge in [-0.3, -0.25) is 9.59 Å². The Kier molecular flexibility index (Phi) is 56.0. The Morgan fingerprint density at radius 2 is 0.687 bits per heavy atom. The summed E-state index contributed by atoms with van der Waals surface area (Å²) in [5.41, 5.74) is 0. The van der Waals surface area contributed by atoms with Crippen molar-refractivity contribution >= 4 is 11.9 Å². The Bertz CT molecular complexity index is 1000. The van der Waals surface area contributed by atoms with Crippen molar-refractivity contribution in [3.63, 3.8) is 0 Å². The molecule has 6 nitrogen and oxygen atoms in total. The molecule has 398 valence electrons. The van der Waals surface area contributed by atoms with Crippen LogP contribution in [-0.4, -0.2) is 47.4 Å². The number of hydrogen-bond acceptors (Lipinski definition) is 5. The molecule has 2 unspecified atom stereocenters. The molecule has 3 N–H and O–H groups in total. The first-order valence-corrected chi connectivity index (χ1v) is 30.5. The Morgan fingerprint density at radius 1 is 0.403 bits per heavy atom. The summed E-state index contributed by atoms with van der Waals surface area (Å²) in [4.78, 5) is 24.6. The van der Waals surface area contributed by atoms with Crippen LogP contribution in [0.4, 0.5) is 0 Å². The van der Waals surface area contributed by atoms with Gasteiger partial charge < -0.3 is 20.3 Å². The third kappa shape index (κ3) is 53.8. The van der Waals surface area contributed by atoms with Gasteiger partial charge in [0, 0.05) is 12.8 Å². The van der Waals surface area contributed by atoms with Gasteiger partial charge in [-0.05, 0) is 32.1 Å². The fourth-order valence-corrected chi connectivity index (χ4v) is 9.64. The van der Waals surface area contributed by atoms with Crippen molar-refractivity contribution in [1.82, 2.24) is 5.32 Å². The van der Waals surface area contributed by atoms with E-state index in [1.165, 1.54) is 257 Å². The molecule has 0 fully saturated rings. The number of esters is 1. The van der Waals surface area contributed by atoms with Crippen LogP contribution in [0.3, 0.4) is 0 Å². The van der Waals surface area contributed by atoms with Crippen LogP contribution in [0, 0.1) is 0 Å². The SMILES string of the molecule is CCCCCCCCCCCCCCCCCCCCC/C=C/C(O)C(CO)NC(=O)CCCCCCCCCCCCCOC(=O)CCCCCCCCCCCCCCCCCCCC. The topological polar surface area (TPSA) is 95.9 Å². The Labute approximate surface area is 419 Å². The molecule has 2 atom stereocenters. The van der Waals surface area contributed by atoms with Gasteiger partial charge >= 0.3 is 5.97 Å². The Hall–Kier alpha value is -1.40. The lowest BCUT2D eigenvalue weighted by atomic mass is 10.0. The quantitative estimate of drug-likeness (QED) is 0.0321. The predicted octanol–water partition coefficient (Wildman–Crippen LogP) is 18.9. The van der Waals surface area contributed by atoms with Gasteiger partial charge in [0.1, 0.15) is 0 Å². The fraction of sp³-hybridized carbons (Fsp3) is 0.934. The molecule has 0 bridgehead atoms. The smallest absolute Gasteiger partial charge is 0.305 e. The van der Waals surface area contributed by atoms with E-state index in [4.69, 9.17) is 4.74 Å². The molecule has 0 spiro atoms. The molecule has 0 aliphatic rings. The number of aliphatic hydroxyl groups is 2. The highest BCUT2D eigenvalue weighted by Crippen LogP contribution is 2.18. The lowest BCUT2D eigenvalue weighted by molar-refractivity contribution is -0.143. The predicted molar refractivity (Wildman–Crippen MR) is 292 cm³/mol. The van der Waals surface area contributed by atoms with E-state index in [1.54, 1.807) is 6.08 Å². The van der Waals surface area contributed by atoms with Crippen molar-refractivity contribution in [3.05, 3.63) is 12.2 Å². The minimum Gasteiger partial charge on any atom is -0.466 e. The van der Waals surface area contributed by atoms with E-state index in [0.29, 0.717) is 19.4 Å². The minimum atomic E-state index is -0.857. The van der Waals surface area contributed by atoms with Gasteiger partial charge in [0.05, 0.1) is 25.4 Å². The molecule has 0 radical (unpaired) electrons. The summed E-state index contributed by atoms with van der Waals surface area (Å²) in [6.45, 7) is 4.90. The van der Waals surface area contributed by atoms with Gasteiger partial charge in [-0.15, -0.1) is 0 Å². The number of carbonyl (C=O) groups excluding carboxylic acids is 2. The van der Waals surface area contributed by atoms with Crippen LogP contribution >= 0.6 is 0 Å². The number of unbranched alkanes of at least 4 members (excludes halogenated alkanes) is 46. The summed E-state index contributed by atoms with van der Waals surface area (Å²) in [7, 11) is 0. The summed E-state index contributed by atoms with van der Waals surface area (Å²) >= 11 is 0. The monoisotopic (exact) mass is 946 g/mol. The Morgan fingerprint density at radius 3 is 1.01 bits per heavy atom. The molecule has 67 heavy (non-hydrogen) atoms. The first-order chi connectivity index (χ1) is 33.0. The number of carbonyl (C=O) groups is 2. The van der Waals surface area contributed by atoms with Crippen molar-refractivity contribution in [1.29, 1.82) is 0 Å². The molecule has 0 aromatic rings. The molecule has 0 saturated heterocycles. The van der Waals surface area contributed by atoms with Crippen LogP contribution < -0.4 is 5.32 Å². The first-order valence-electron chi connectivity index (χ1n) is 30.5. The summed E-state index contributed by atoms with van der Waals surface area (Å²) in [5, 5.41) is 23.2. The molecule has 0 aliphatic heterocycles. The lowest BCUT2D eigenvalue weighted by Gasteiger charge is -2.20. The number of amides is 1. The minimum absolute atomic E-state index is 0.00996. The molecule has 0 saturated carbocycles. The number of aliphatic hydroxyl groups excluding tert-OH is 2. The van der Waals surface area contributed by atoms with Crippen molar-refractivity contribution in [2.24, 2.45) is 0 Å².